The van der Waals surface area contributed by atoms with E-state index in [0.29, 0.717) is 5.95 Å². The maximum atomic E-state index is 5.63. The maximum absolute atomic E-state index is 5.63. The summed E-state index contributed by atoms with van der Waals surface area (Å²) >= 11 is 1.80. The van der Waals surface area contributed by atoms with Crippen LogP contribution in [-0.4, -0.2) is 14.5 Å². The highest BCUT2D eigenvalue weighted by Crippen LogP contribution is 2.50. The topological polar surface area (TPSA) is 30.7 Å². The van der Waals surface area contributed by atoms with E-state index in [1.807, 2.05) is 0 Å². The molecule has 0 amide bonds. The molecule has 0 saturated heterocycles. The summed E-state index contributed by atoms with van der Waals surface area (Å²) < 4.78 is 4.62. The van der Waals surface area contributed by atoms with Crippen molar-refractivity contribution >= 4 is 75.0 Å². The highest BCUT2D eigenvalue weighted by atomic mass is 32.1. The van der Waals surface area contributed by atoms with Gasteiger partial charge in [0.1, 0.15) is 0 Å². The number of nitrogens with zero attached hydrogens (tertiary/aromatic N) is 3. The van der Waals surface area contributed by atoms with Crippen LogP contribution >= 0.6 is 11.3 Å². The van der Waals surface area contributed by atoms with E-state index in [2.05, 4.69) is 182 Å². The molecule has 0 atom stereocenters. The Bertz CT molecular complexity index is 3310. The van der Waals surface area contributed by atoms with Gasteiger partial charge in [-0.2, -0.15) is 0 Å². The first-order valence-corrected chi connectivity index (χ1v) is 19.7. The number of aromatic nitrogens is 3. The molecule has 8 aromatic carbocycles. The van der Waals surface area contributed by atoms with Gasteiger partial charge in [-0.1, -0.05) is 153 Å². The van der Waals surface area contributed by atoms with E-state index < -0.39 is 0 Å². The lowest BCUT2D eigenvalue weighted by molar-refractivity contribution is 0.660. The highest BCUT2D eigenvalue weighted by molar-refractivity contribution is 7.26. The molecule has 258 valence electrons. The summed E-state index contributed by atoms with van der Waals surface area (Å²) in [6, 6.07) is 59.7. The smallest absolute Gasteiger partial charge is 0.235 e. The molecule has 0 bridgehead atoms. The Balaban J connectivity index is 1.19. The van der Waals surface area contributed by atoms with Crippen molar-refractivity contribution < 1.29 is 0 Å². The van der Waals surface area contributed by atoms with Gasteiger partial charge >= 0.3 is 0 Å². The van der Waals surface area contributed by atoms with Gasteiger partial charge in [-0.15, -0.1) is 11.3 Å². The molecule has 1 aliphatic rings. The average molecular weight is 720 g/mol. The molecule has 0 fully saturated rings. The van der Waals surface area contributed by atoms with Gasteiger partial charge in [-0.25, -0.2) is 9.97 Å². The zero-order valence-electron chi connectivity index (χ0n) is 30.3. The molecule has 3 nitrogen and oxygen atoms in total. The van der Waals surface area contributed by atoms with E-state index in [1.165, 1.54) is 70.4 Å². The van der Waals surface area contributed by atoms with Crippen LogP contribution < -0.4 is 0 Å². The van der Waals surface area contributed by atoms with Gasteiger partial charge < -0.3 is 0 Å². The van der Waals surface area contributed by atoms with E-state index in [0.717, 1.165) is 37.9 Å². The predicted molar refractivity (Wildman–Crippen MR) is 233 cm³/mol. The summed E-state index contributed by atoms with van der Waals surface area (Å²) in [7, 11) is 0. The number of fused-ring (bicyclic) bond motifs is 13. The summed E-state index contributed by atoms with van der Waals surface area (Å²) in [5.74, 6) is 0.683. The third-order valence-electron chi connectivity index (χ3n) is 12.0. The van der Waals surface area contributed by atoms with E-state index >= 15 is 0 Å². The Hall–Kier alpha value is -6.62. The molecule has 55 heavy (non-hydrogen) atoms. The van der Waals surface area contributed by atoms with Gasteiger partial charge in [0.2, 0.25) is 5.95 Å². The number of hydrogen-bond donors (Lipinski definition) is 0. The van der Waals surface area contributed by atoms with Crippen LogP contribution in [-0.2, 0) is 5.41 Å². The summed E-state index contributed by atoms with van der Waals surface area (Å²) in [4.78, 5) is 11.2. The lowest BCUT2D eigenvalue weighted by atomic mass is 9.82. The molecule has 1 aliphatic carbocycles. The minimum Gasteiger partial charge on any atom is -0.278 e. The monoisotopic (exact) mass is 719 g/mol. The average Bonchev–Trinajstić information content (AvgIpc) is 3.86. The van der Waals surface area contributed by atoms with Crippen molar-refractivity contribution in [1.29, 1.82) is 0 Å². The SMILES string of the molecule is CC1(C)c2ccccc2-c2ccc(-c3nc(-n4c5ccc6ccccc6c5c5c6ccccc6ccc54)nc4c3sc3cc(-c5ccccc5)ccc34)cc21. The van der Waals surface area contributed by atoms with Gasteiger partial charge in [0.15, 0.2) is 0 Å². The fraction of sp³-hybridized carbons (Fsp3) is 0.0588. The first kappa shape index (κ1) is 30.8. The summed E-state index contributed by atoms with van der Waals surface area (Å²) in [6.45, 7) is 4.69. The number of hydrogen-bond acceptors (Lipinski definition) is 3. The van der Waals surface area contributed by atoms with Crippen LogP contribution in [0.25, 0.3) is 103 Å². The Morgan fingerprint density at radius 2 is 1.13 bits per heavy atom. The molecule has 4 heteroatoms. The van der Waals surface area contributed by atoms with Gasteiger partial charge in [0.05, 0.1) is 26.9 Å². The third kappa shape index (κ3) is 4.31. The van der Waals surface area contributed by atoms with E-state index in [9.17, 15) is 0 Å². The van der Waals surface area contributed by atoms with Crippen LogP contribution in [0.4, 0.5) is 0 Å². The molecule has 0 N–H and O–H groups in total. The van der Waals surface area contributed by atoms with Crippen LogP contribution in [0.2, 0.25) is 0 Å². The molecular formula is C51H33N3S. The van der Waals surface area contributed by atoms with Crippen LogP contribution in [0.5, 0.6) is 0 Å². The number of rotatable bonds is 3. The minimum absolute atomic E-state index is 0.128. The zero-order valence-corrected chi connectivity index (χ0v) is 31.2. The molecule has 0 unspecified atom stereocenters. The standard InChI is InChI=1S/C51H33N3S/c1-51(2)40-19-11-10-18-37(40)38-24-21-34(28-41(38)51)47-49-48(39-25-20-33(29-44(39)55-49)30-12-4-3-5-13-30)53-50(52-47)54-42-26-22-31-14-6-8-16-35(31)45(42)46-36-17-9-7-15-32(36)23-27-43(46)54/h3-29H,1-2H3. The second kappa shape index (κ2) is 11.2. The van der Waals surface area contributed by atoms with Crippen molar-refractivity contribution in [1.82, 2.24) is 14.5 Å². The number of benzene rings is 8. The molecular weight excluding hydrogens is 687 g/mol. The maximum Gasteiger partial charge on any atom is 0.235 e. The Morgan fingerprint density at radius 1 is 0.491 bits per heavy atom. The fourth-order valence-corrected chi connectivity index (χ4v) is 10.5. The van der Waals surface area contributed by atoms with E-state index in [-0.39, 0.29) is 5.41 Å². The normalized spacial score (nSPS) is 13.4. The van der Waals surface area contributed by atoms with E-state index in [4.69, 9.17) is 9.97 Å². The quantitative estimate of drug-likeness (QED) is 0.182. The van der Waals surface area contributed by atoms with Gasteiger partial charge in [-0.3, -0.25) is 4.57 Å². The van der Waals surface area contributed by atoms with Crippen LogP contribution in [0.1, 0.15) is 25.0 Å². The highest BCUT2D eigenvalue weighted by Gasteiger charge is 2.35. The molecule has 3 aromatic heterocycles. The van der Waals surface area contributed by atoms with Gasteiger partial charge in [0, 0.05) is 31.8 Å². The molecule has 11 aromatic rings. The van der Waals surface area contributed by atoms with Crippen molar-refractivity contribution in [3.8, 4) is 39.5 Å². The predicted octanol–water partition coefficient (Wildman–Crippen LogP) is 13.9. The second-order valence-corrected chi connectivity index (χ2v) is 16.4. The van der Waals surface area contributed by atoms with Gasteiger partial charge in [0.25, 0.3) is 0 Å². The van der Waals surface area contributed by atoms with Crippen LogP contribution in [0, 0.1) is 0 Å². The van der Waals surface area contributed by atoms with Crippen molar-refractivity contribution in [3.05, 3.63) is 175 Å². The zero-order chi connectivity index (χ0) is 36.4. The molecule has 0 radical (unpaired) electrons. The van der Waals surface area contributed by atoms with Crippen LogP contribution in [0.3, 0.4) is 0 Å². The number of thiophene rings is 1. The second-order valence-electron chi connectivity index (χ2n) is 15.4. The first-order chi connectivity index (χ1) is 27.0. The van der Waals surface area contributed by atoms with Crippen LogP contribution in [0.15, 0.2) is 164 Å². The Kier molecular flexibility index (Phi) is 6.27. The molecule has 0 spiro atoms. The van der Waals surface area contributed by atoms with Crippen molar-refractivity contribution in [2.75, 3.05) is 0 Å². The fourth-order valence-electron chi connectivity index (χ4n) is 9.35. The largest absolute Gasteiger partial charge is 0.278 e. The molecule has 0 aliphatic heterocycles. The van der Waals surface area contributed by atoms with E-state index in [1.54, 1.807) is 11.3 Å². The summed E-state index contributed by atoms with van der Waals surface area (Å²) in [5, 5.41) is 8.52. The van der Waals surface area contributed by atoms with Crippen molar-refractivity contribution in [2.45, 2.75) is 19.3 Å². The molecule has 12 rings (SSSR count). The van der Waals surface area contributed by atoms with Crippen molar-refractivity contribution in [3.63, 3.8) is 0 Å². The molecule has 0 saturated carbocycles. The minimum atomic E-state index is -0.128. The first-order valence-electron chi connectivity index (χ1n) is 18.9. The summed E-state index contributed by atoms with van der Waals surface area (Å²) in [6.07, 6.45) is 0. The van der Waals surface area contributed by atoms with Crippen molar-refractivity contribution in [2.24, 2.45) is 0 Å². The Labute approximate surface area is 321 Å². The third-order valence-corrected chi connectivity index (χ3v) is 13.2. The Morgan fingerprint density at radius 3 is 1.87 bits per heavy atom. The summed E-state index contributed by atoms with van der Waals surface area (Å²) in [5.41, 5.74) is 12.9. The lowest BCUT2D eigenvalue weighted by Gasteiger charge is -2.22. The molecule has 3 heterocycles. The van der Waals surface area contributed by atoms with Gasteiger partial charge in [-0.05, 0) is 79.2 Å². The lowest BCUT2D eigenvalue weighted by Crippen LogP contribution is -2.15.